The molecule has 0 bridgehead atoms. The molecule has 3 heteroatoms. The standard InChI is InChI=1S/C10H16N2O/c1-7(2)8-5-9(11-6-8)10(13)12(3)4/h5,7H,6H2,1-4H3. The highest BCUT2D eigenvalue weighted by molar-refractivity contribution is 6.43. The molecule has 0 fully saturated rings. The Bertz CT molecular complexity index is 275. The molecular formula is C10H16N2O. The topological polar surface area (TPSA) is 32.7 Å². The normalized spacial score (nSPS) is 15.8. The van der Waals surface area contributed by atoms with Crippen molar-refractivity contribution in [1.82, 2.24) is 4.90 Å². The van der Waals surface area contributed by atoms with Gasteiger partial charge in [0.05, 0.1) is 6.54 Å². The lowest BCUT2D eigenvalue weighted by atomic mass is 10.0. The number of hydrogen-bond acceptors (Lipinski definition) is 2. The fourth-order valence-corrected chi connectivity index (χ4v) is 1.15. The second-order valence-corrected chi connectivity index (χ2v) is 3.78. The number of amides is 1. The molecule has 1 rings (SSSR count). The Hall–Kier alpha value is -1.12. The van der Waals surface area contributed by atoms with Gasteiger partial charge in [-0.2, -0.15) is 0 Å². The fraction of sp³-hybridized carbons (Fsp3) is 0.600. The van der Waals surface area contributed by atoms with Crippen LogP contribution in [0.15, 0.2) is 16.6 Å². The van der Waals surface area contributed by atoms with E-state index in [9.17, 15) is 4.79 Å². The quantitative estimate of drug-likeness (QED) is 0.626. The van der Waals surface area contributed by atoms with E-state index in [-0.39, 0.29) is 5.91 Å². The molecule has 1 amide bonds. The maximum absolute atomic E-state index is 11.5. The number of carbonyl (C=O) groups excluding carboxylic acids is 1. The summed E-state index contributed by atoms with van der Waals surface area (Å²) in [5, 5.41) is 0. The predicted octanol–water partition coefficient (Wildman–Crippen LogP) is 1.11. The van der Waals surface area contributed by atoms with Crippen LogP contribution in [0.3, 0.4) is 0 Å². The first kappa shape index (κ1) is 9.96. The van der Waals surface area contributed by atoms with Crippen molar-refractivity contribution >= 4 is 11.6 Å². The van der Waals surface area contributed by atoms with Crippen LogP contribution in [0.4, 0.5) is 0 Å². The van der Waals surface area contributed by atoms with Gasteiger partial charge in [0.1, 0.15) is 5.71 Å². The number of nitrogens with zero attached hydrogens (tertiary/aromatic N) is 2. The smallest absolute Gasteiger partial charge is 0.271 e. The molecule has 3 nitrogen and oxygen atoms in total. The van der Waals surface area contributed by atoms with Crippen LogP contribution in [0, 0.1) is 5.92 Å². The summed E-state index contributed by atoms with van der Waals surface area (Å²) in [6.45, 7) is 4.92. The van der Waals surface area contributed by atoms with Crippen LogP contribution < -0.4 is 0 Å². The van der Waals surface area contributed by atoms with Crippen molar-refractivity contribution in [2.24, 2.45) is 10.9 Å². The van der Waals surface area contributed by atoms with Crippen LogP contribution in [-0.4, -0.2) is 37.2 Å². The average molecular weight is 180 g/mol. The molecule has 0 N–H and O–H groups in total. The van der Waals surface area contributed by atoms with Crippen LogP contribution in [-0.2, 0) is 4.79 Å². The summed E-state index contributed by atoms with van der Waals surface area (Å²) in [7, 11) is 3.48. The summed E-state index contributed by atoms with van der Waals surface area (Å²) >= 11 is 0. The fourth-order valence-electron chi connectivity index (χ4n) is 1.15. The molecular weight excluding hydrogens is 164 g/mol. The van der Waals surface area contributed by atoms with Crippen LogP contribution in [0.5, 0.6) is 0 Å². The van der Waals surface area contributed by atoms with Crippen LogP contribution in [0.2, 0.25) is 0 Å². The van der Waals surface area contributed by atoms with E-state index >= 15 is 0 Å². The van der Waals surface area contributed by atoms with Crippen molar-refractivity contribution < 1.29 is 4.79 Å². The van der Waals surface area contributed by atoms with E-state index in [1.54, 1.807) is 19.0 Å². The summed E-state index contributed by atoms with van der Waals surface area (Å²) < 4.78 is 0. The molecule has 0 aliphatic carbocycles. The van der Waals surface area contributed by atoms with Gasteiger partial charge in [0.25, 0.3) is 5.91 Å². The zero-order valence-electron chi connectivity index (χ0n) is 8.66. The minimum absolute atomic E-state index is 0.00403. The van der Waals surface area contributed by atoms with Gasteiger partial charge in [-0.15, -0.1) is 0 Å². The Balaban J connectivity index is 2.71. The molecule has 0 spiro atoms. The monoisotopic (exact) mass is 180 g/mol. The number of carbonyl (C=O) groups is 1. The van der Waals surface area contributed by atoms with Crippen molar-refractivity contribution in [1.29, 1.82) is 0 Å². The third-order valence-electron chi connectivity index (χ3n) is 2.12. The van der Waals surface area contributed by atoms with Gasteiger partial charge in [-0.05, 0) is 17.6 Å². The predicted molar refractivity (Wildman–Crippen MR) is 53.9 cm³/mol. The van der Waals surface area contributed by atoms with E-state index in [1.807, 2.05) is 6.08 Å². The highest BCUT2D eigenvalue weighted by atomic mass is 16.2. The van der Waals surface area contributed by atoms with E-state index in [1.165, 1.54) is 5.57 Å². The molecule has 1 heterocycles. The van der Waals surface area contributed by atoms with Gasteiger partial charge in [0.2, 0.25) is 0 Å². The van der Waals surface area contributed by atoms with E-state index in [0.717, 1.165) is 0 Å². The Morgan fingerprint density at radius 2 is 2.15 bits per heavy atom. The Morgan fingerprint density at radius 3 is 2.54 bits per heavy atom. The van der Waals surface area contributed by atoms with Crippen molar-refractivity contribution in [3.63, 3.8) is 0 Å². The van der Waals surface area contributed by atoms with Crippen molar-refractivity contribution in [3.05, 3.63) is 11.6 Å². The number of aliphatic imine (C=N–C) groups is 1. The summed E-state index contributed by atoms with van der Waals surface area (Å²) in [4.78, 5) is 17.2. The molecule has 0 aromatic rings. The molecule has 0 atom stereocenters. The van der Waals surface area contributed by atoms with Gasteiger partial charge >= 0.3 is 0 Å². The minimum atomic E-state index is -0.00403. The highest BCUT2D eigenvalue weighted by Crippen LogP contribution is 2.15. The summed E-state index contributed by atoms with van der Waals surface area (Å²) in [5.41, 5.74) is 1.83. The molecule has 0 radical (unpaired) electrons. The summed E-state index contributed by atoms with van der Waals surface area (Å²) in [6.07, 6.45) is 1.91. The maximum Gasteiger partial charge on any atom is 0.271 e. The van der Waals surface area contributed by atoms with Gasteiger partial charge in [-0.1, -0.05) is 13.8 Å². The summed E-state index contributed by atoms with van der Waals surface area (Å²) in [6, 6.07) is 0. The SMILES string of the molecule is CC(C)C1=CC(C(=O)N(C)C)=NC1. The molecule has 72 valence electrons. The Morgan fingerprint density at radius 1 is 1.54 bits per heavy atom. The first-order valence-electron chi connectivity index (χ1n) is 4.49. The minimum Gasteiger partial charge on any atom is -0.343 e. The molecule has 1 aliphatic rings. The Labute approximate surface area is 79.1 Å². The van der Waals surface area contributed by atoms with Crippen molar-refractivity contribution in [3.8, 4) is 0 Å². The van der Waals surface area contributed by atoms with Crippen molar-refractivity contribution in [2.45, 2.75) is 13.8 Å². The van der Waals surface area contributed by atoms with Gasteiger partial charge in [-0.25, -0.2) is 0 Å². The van der Waals surface area contributed by atoms with Crippen molar-refractivity contribution in [2.75, 3.05) is 20.6 Å². The lowest BCUT2D eigenvalue weighted by molar-refractivity contribution is -0.121. The van der Waals surface area contributed by atoms with E-state index in [4.69, 9.17) is 0 Å². The first-order chi connectivity index (χ1) is 6.02. The molecule has 0 unspecified atom stereocenters. The van der Waals surface area contributed by atoms with Gasteiger partial charge in [-0.3, -0.25) is 9.79 Å². The number of hydrogen-bond donors (Lipinski definition) is 0. The van der Waals surface area contributed by atoms with E-state index < -0.39 is 0 Å². The lowest BCUT2D eigenvalue weighted by Crippen LogP contribution is -2.28. The van der Waals surface area contributed by atoms with Gasteiger partial charge < -0.3 is 4.90 Å². The third-order valence-corrected chi connectivity index (χ3v) is 2.12. The average Bonchev–Trinajstić information content (AvgIpc) is 2.50. The Kier molecular flexibility index (Phi) is 2.86. The highest BCUT2D eigenvalue weighted by Gasteiger charge is 2.17. The lowest BCUT2D eigenvalue weighted by Gasteiger charge is -2.07. The molecule has 0 aromatic carbocycles. The molecule has 0 saturated heterocycles. The summed E-state index contributed by atoms with van der Waals surface area (Å²) in [5.74, 6) is 0.479. The maximum atomic E-state index is 11.5. The molecule has 13 heavy (non-hydrogen) atoms. The van der Waals surface area contributed by atoms with Crippen LogP contribution >= 0.6 is 0 Å². The third kappa shape index (κ3) is 2.17. The molecule has 1 aliphatic heterocycles. The second kappa shape index (κ2) is 3.73. The first-order valence-corrected chi connectivity index (χ1v) is 4.49. The van der Waals surface area contributed by atoms with Gasteiger partial charge in [0, 0.05) is 14.1 Å². The van der Waals surface area contributed by atoms with E-state index in [0.29, 0.717) is 18.2 Å². The van der Waals surface area contributed by atoms with Crippen LogP contribution in [0.1, 0.15) is 13.8 Å². The zero-order valence-corrected chi connectivity index (χ0v) is 8.66. The zero-order chi connectivity index (χ0) is 10.0. The largest absolute Gasteiger partial charge is 0.343 e. The van der Waals surface area contributed by atoms with E-state index in [2.05, 4.69) is 18.8 Å². The van der Waals surface area contributed by atoms with Crippen LogP contribution in [0.25, 0.3) is 0 Å². The molecule has 0 aromatic heterocycles. The molecule has 0 saturated carbocycles. The number of rotatable bonds is 2. The van der Waals surface area contributed by atoms with Gasteiger partial charge in [0.15, 0.2) is 0 Å². The second-order valence-electron chi connectivity index (χ2n) is 3.78.